The van der Waals surface area contributed by atoms with Gasteiger partial charge in [0.1, 0.15) is 0 Å². The van der Waals surface area contributed by atoms with Gasteiger partial charge in [-0.2, -0.15) is 0 Å². The summed E-state index contributed by atoms with van der Waals surface area (Å²) in [5, 5.41) is 2.97. The maximum absolute atomic E-state index is 12.2. The third kappa shape index (κ3) is 5.14. The molecular weight excluding hydrogens is 298 g/mol. The molecular formula is C17H19NOS2. The van der Waals surface area contributed by atoms with Crippen molar-refractivity contribution >= 4 is 35.1 Å². The van der Waals surface area contributed by atoms with Crippen LogP contribution in [-0.4, -0.2) is 17.9 Å². The number of amides is 1. The topological polar surface area (TPSA) is 29.1 Å². The number of rotatable bonds is 6. The third-order valence-electron chi connectivity index (χ3n) is 3.05. The van der Waals surface area contributed by atoms with Gasteiger partial charge in [-0.3, -0.25) is 4.79 Å². The molecule has 0 aliphatic heterocycles. The Bertz CT molecular complexity index is 569. The molecule has 0 heterocycles. The SMILES string of the molecule is CSc1ccc(NC(=O)C(C)CSc2ccccc2)cc1. The summed E-state index contributed by atoms with van der Waals surface area (Å²) in [6.07, 6.45) is 2.04. The number of anilines is 1. The van der Waals surface area contributed by atoms with E-state index >= 15 is 0 Å². The van der Waals surface area contributed by atoms with Crippen LogP contribution >= 0.6 is 23.5 Å². The standard InChI is InChI=1S/C17H19NOS2/c1-13(12-21-16-6-4-3-5-7-16)17(19)18-14-8-10-15(20-2)11-9-14/h3-11,13H,12H2,1-2H3,(H,18,19). The molecule has 1 N–H and O–H groups in total. The molecule has 1 atom stereocenters. The molecule has 110 valence electrons. The molecule has 0 spiro atoms. The number of hydrogen-bond donors (Lipinski definition) is 1. The second kappa shape index (κ2) is 8.15. The maximum Gasteiger partial charge on any atom is 0.228 e. The first-order chi connectivity index (χ1) is 10.2. The van der Waals surface area contributed by atoms with E-state index in [9.17, 15) is 4.79 Å². The van der Waals surface area contributed by atoms with E-state index in [1.807, 2.05) is 55.6 Å². The van der Waals surface area contributed by atoms with Gasteiger partial charge in [-0.05, 0) is 42.7 Å². The Balaban J connectivity index is 1.84. The van der Waals surface area contributed by atoms with E-state index in [0.717, 1.165) is 11.4 Å². The van der Waals surface area contributed by atoms with Gasteiger partial charge in [-0.1, -0.05) is 25.1 Å². The summed E-state index contributed by atoms with van der Waals surface area (Å²) in [6, 6.07) is 18.1. The van der Waals surface area contributed by atoms with Crippen LogP contribution in [0.2, 0.25) is 0 Å². The molecule has 0 aliphatic carbocycles. The van der Waals surface area contributed by atoms with Crippen LogP contribution in [0.3, 0.4) is 0 Å². The highest BCUT2D eigenvalue weighted by Crippen LogP contribution is 2.22. The van der Waals surface area contributed by atoms with Crippen molar-refractivity contribution in [1.29, 1.82) is 0 Å². The van der Waals surface area contributed by atoms with E-state index in [-0.39, 0.29) is 11.8 Å². The largest absolute Gasteiger partial charge is 0.326 e. The van der Waals surface area contributed by atoms with Crippen LogP contribution in [0, 0.1) is 5.92 Å². The lowest BCUT2D eigenvalue weighted by Gasteiger charge is -2.12. The van der Waals surface area contributed by atoms with Crippen molar-refractivity contribution in [3.63, 3.8) is 0 Å². The molecule has 0 saturated heterocycles. The van der Waals surface area contributed by atoms with E-state index in [1.54, 1.807) is 23.5 Å². The fourth-order valence-electron chi connectivity index (χ4n) is 1.75. The van der Waals surface area contributed by atoms with Crippen LogP contribution in [0.25, 0.3) is 0 Å². The highest BCUT2D eigenvalue weighted by molar-refractivity contribution is 7.99. The average molecular weight is 317 g/mol. The summed E-state index contributed by atoms with van der Waals surface area (Å²) in [6.45, 7) is 1.96. The lowest BCUT2D eigenvalue weighted by Crippen LogP contribution is -2.22. The Labute approximate surface area is 134 Å². The van der Waals surface area contributed by atoms with Gasteiger partial charge in [0.2, 0.25) is 5.91 Å². The molecule has 0 aliphatic rings. The van der Waals surface area contributed by atoms with E-state index in [4.69, 9.17) is 0 Å². The molecule has 2 nitrogen and oxygen atoms in total. The predicted octanol–water partition coefficient (Wildman–Crippen LogP) is 4.78. The Morgan fingerprint density at radius 3 is 2.33 bits per heavy atom. The second-order valence-electron chi connectivity index (χ2n) is 4.74. The average Bonchev–Trinajstić information content (AvgIpc) is 2.54. The summed E-state index contributed by atoms with van der Waals surface area (Å²) in [5.74, 6) is 0.810. The summed E-state index contributed by atoms with van der Waals surface area (Å²) in [7, 11) is 0. The smallest absolute Gasteiger partial charge is 0.228 e. The second-order valence-corrected chi connectivity index (χ2v) is 6.72. The first-order valence-electron chi connectivity index (χ1n) is 6.82. The molecule has 0 bridgehead atoms. The van der Waals surface area contributed by atoms with Crippen molar-refractivity contribution in [3.05, 3.63) is 54.6 Å². The maximum atomic E-state index is 12.2. The number of benzene rings is 2. The minimum Gasteiger partial charge on any atom is -0.326 e. The molecule has 1 unspecified atom stereocenters. The minimum absolute atomic E-state index is 0.0320. The molecule has 0 saturated carbocycles. The number of nitrogens with one attached hydrogen (secondary N) is 1. The summed E-state index contributed by atoms with van der Waals surface area (Å²) in [4.78, 5) is 14.5. The van der Waals surface area contributed by atoms with E-state index < -0.39 is 0 Å². The first-order valence-corrected chi connectivity index (χ1v) is 9.03. The molecule has 1 amide bonds. The van der Waals surface area contributed by atoms with Crippen molar-refractivity contribution in [2.24, 2.45) is 5.92 Å². The number of carbonyl (C=O) groups is 1. The zero-order chi connectivity index (χ0) is 15.1. The summed E-state index contributed by atoms with van der Waals surface area (Å²) < 4.78 is 0. The van der Waals surface area contributed by atoms with Gasteiger partial charge in [0.15, 0.2) is 0 Å². The Hall–Kier alpha value is -1.39. The Morgan fingerprint density at radius 2 is 1.71 bits per heavy atom. The van der Waals surface area contributed by atoms with Crippen LogP contribution in [0.1, 0.15) is 6.92 Å². The first kappa shape index (κ1) is 16.0. The molecule has 0 fully saturated rings. The molecule has 2 aromatic rings. The van der Waals surface area contributed by atoms with Gasteiger partial charge < -0.3 is 5.32 Å². The highest BCUT2D eigenvalue weighted by Gasteiger charge is 2.13. The fourth-order valence-corrected chi connectivity index (χ4v) is 3.11. The van der Waals surface area contributed by atoms with E-state index in [1.165, 1.54) is 9.79 Å². The summed E-state index contributed by atoms with van der Waals surface area (Å²) in [5.41, 5.74) is 0.856. The van der Waals surface area contributed by atoms with Crippen LogP contribution < -0.4 is 5.32 Å². The number of thioether (sulfide) groups is 2. The quantitative estimate of drug-likeness (QED) is 0.778. The molecule has 21 heavy (non-hydrogen) atoms. The summed E-state index contributed by atoms with van der Waals surface area (Å²) >= 11 is 3.40. The number of carbonyl (C=O) groups excluding carboxylic acids is 1. The van der Waals surface area contributed by atoms with Crippen molar-refractivity contribution in [2.45, 2.75) is 16.7 Å². The number of hydrogen-bond acceptors (Lipinski definition) is 3. The van der Waals surface area contributed by atoms with Crippen LogP contribution in [0.4, 0.5) is 5.69 Å². The van der Waals surface area contributed by atoms with Crippen molar-refractivity contribution in [3.8, 4) is 0 Å². The lowest BCUT2D eigenvalue weighted by atomic mass is 10.2. The monoisotopic (exact) mass is 317 g/mol. The zero-order valence-electron chi connectivity index (χ0n) is 12.2. The highest BCUT2D eigenvalue weighted by atomic mass is 32.2. The zero-order valence-corrected chi connectivity index (χ0v) is 13.8. The Kier molecular flexibility index (Phi) is 6.21. The van der Waals surface area contributed by atoms with Gasteiger partial charge in [-0.15, -0.1) is 23.5 Å². The van der Waals surface area contributed by atoms with Gasteiger partial charge in [-0.25, -0.2) is 0 Å². The molecule has 2 aromatic carbocycles. The van der Waals surface area contributed by atoms with Crippen molar-refractivity contribution in [2.75, 3.05) is 17.3 Å². The van der Waals surface area contributed by atoms with Crippen molar-refractivity contribution < 1.29 is 4.79 Å². The van der Waals surface area contributed by atoms with Gasteiger partial charge in [0, 0.05) is 27.1 Å². The molecule has 0 aromatic heterocycles. The fraction of sp³-hybridized carbons (Fsp3) is 0.235. The van der Waals surface area contributed by atoms with Crippen molar-refractivity contribution in [1.82, 2.24) is 0 Å². The van der Waals surface area contributed by atoms with E-state index in [2.05, 4.69) is 17.4 Å². The van der Waals surface area contributed by atoms with Gasteiger partial charge in [0.05, 0.1) is 0 Å². The van der Waals surface area contributed by atoms with Crippen LogP contribution in [0.5, 0.6) is 0 Å². The minimum atomic E-state index is -0.0320. The Morgan fingerprint density at radius 1 is 1.05 bits per heavy atom. The molecule has 0 radical (unpaired) electrons. The molecule has 2 rings (SSSR count). The van der Waals surface area contributed by atoms with Crippen LogP contribution in [0.15, 0.2) is 64.4 Å². The lowest BCUT2D eigenvalue weighted by molar-refractivity contribution is -0.118. The molecule has 4 heteroatoms. The third-order valence-corrected chi connectivity index (χ3v) is 5.06. The van der Waals surface area contributed by atoms with E-state index in [0.29, 0.717) is 0 Å². The van der Waals surface area contributed by atoms with Gasteiger partial charge >= 0.3 is 0 Å². The van der Waals surface area contributed by atoms with Gasteiger partial charge in [0.25, 0.3) is 0 Å². The predicted molar refractivity (Wildman–Crippen MR) is 93.2 cm³/mol. The van der Waals surface area contributed by atoms with Crippen LogP contribution in [-0.2, 0) is 4.79 Å². The normalized spacial score (nSPS) is 11.9.